The Labute approximate surface area is 75.8 Å². The number of phenolic OH excluding ortho intramolecular Hbond substituents is 1. The molecule has 4 N–H and O–H groups in total. The number of nitrogens with one attached hydrogen (secondary N) is 1. The largest absolute Gasteiger partial charge is 0.508 e. The van der Waals surface area contributed by atoms with Crippen LogP contribution in [0.15, 0.2) is 36.4 Å². The summed E-state index contributed by atoms with van der Waals surface area (Å²) in [6.07, 6.45) is 0. The van der Waals surface area contributed by atoms with Gasteiger partial charge in [-0.15, -0.1) is 0 Å². The lowest BCUT2D eigenvalue weighted by molar-refractivity contribution is 0.476. The highest BCUT2D eigenvalue weighted by molar-refractivity contribution is 5.94. The molecule has 2 aromatic rings. The van der Waals surface area contributed by atoms with E-state index in [4.69, 9.17) is 5.84 Å². The van der Waals surface area contributed by atoms with Crippen molar-refractivity contribution in [1.29, 1.82) is 0 Å². The molecule has 0 radical (unpaired) electrons. The van der Waals surface area contributed by atoms with E-state index in [1.165, 1.54) is 0 Å². The smallest absolute Gasteiger partial charge is 0.118 e. The SMILES string of the molecule is NNc1cc(O)cc2ccccc12. The number of rotatable bonds is 1. The van der Waals surface area contributed by atoms with Crippen LogP contribution in [0.4, 0.5) is 5.69 Å². The standard InChI is InChI=1S/C10H10N2O/c11-12-10-6-8(13)5-7-3-1-2-4-9(7)10/h1-6,12-13H,11H2. The maximum Gasteiger partial charge on any atom is 0.118 e. The predicted octanol–water partition coefficient (Wildman–Crippen LogP) is 1.83. The van der Waals surface area contributed by atoms with Gasteiger partial charge in [0, 0.05) is 11.5 Å². The summed E-state index contributed by atoms with van der Waals surface area (Å²) >= 11 is 0. The Morgan fingerprint density at radius 1 is 1.15 bits per heavy atom. The van der Waals surface area contributed by atoms with Crippen molar-refractivity contribution in [2.45, 2.75) is 0 Å². The second-order valence-corrected chi connectivity index (χ2v) is 2.86. The van der Waals surface area contributed by atoms with E-state index in [9.17, 15) is 5.11 Å². The quantitative estimate of drug-likeness (QED) is 0.456. The van der Waals surface area contributed by atoms with Gasteiger partial charge in [0.2, 0.25) is 0 Å². The average Bonchev–Trinajstić information content (AvgIpc) is 2.16. The lowest BCUT2D eigenvalue weighted by Crippen LogP contribution is -2.06. The van der Waals surface area contributed by atoms with Crippen LogP contribution in [0.1, 0.15) is 0 Å². The highest BCUT2D eigenvalue weighted by Gasteiger charge is 2.00. The van der Waals surface area contributed by atoms with Crippen LogP contribution < -0.4 is 11.3 Å². The molecule has 0 unspecified atom stereocenters. The molecule has 3 heteroatoms. The maximum atomic E-state index is 9.35. The van der Waals surface area contributed by atoms with E-state index in [2.05, 4.69) is 5.43 Å². The maximum absolute atomic E-state index is 9.35. The minimum Gasteiger partial charge on any atom is -0.508 e. The molecule has 0 amide bonds. The second-order valence-electron chi connectivity index (χ2n) is 2.86. The number of aromatic hydroxyl groups is 1. The van der Waals surface area contributed by atoms with E-state index < -0.39 is 0 Å². The van der Waals surface area contributed by atoms with Gasteiger partial charge < -0.3 is 10.5 Å². The molecule has 66 valence electrons. The normalized spacial score (nSPS) is 10.2. The molecule has 13 heavy (non-hydrogen) atoms. The fraction of sp³-hybridized carbons (Fsp3) is 0. The van der Waals surface area contributed by atoms with Crippen molar-refractivity contribution in [3.63, 3.8) is 0 Å². The van der Waals surface area contributed by atoms with Crippen LogP contribution in [0, 0.1) is 0 Å². The number of hydrazine groups is 1. The highest BCUT2D eigenvalue weighted by atomic mass is 16.3. The molecule has 0 atom stereocenters. The molecule has 3 nitrogen and oxygen atoms in total. The van der Waals surface area contributed by atoms with Crippen LogP contribution >= 0.6 is 0 Å². The monoisotopic (exact) mass is 174 g/mol. The summed E-state index contributed by atoms with van der Waals surface area (Å²) < 4.78 is 0. The van der Waals surface area contributed by atoms with Gasteiger partial charge in [0.1, 0.15) is 5.75 Å². The molecule has 0 bridgehead atoms. The lowest BCUT2D eigenvalue weighted by Gasteiger charge is -2.05. The fourth-order valence-corrected chi connectivity index (χ4v) is 1.41. The van der Waals surface area contributed by atoms with E-state index in [0.717, 1.165) is 16.5 Å². The summed E-state index contributed by atoms with van der Waals surface area (Å²) in [6, 6.07) is 11.0. The molecule has 0 aliphatic carbocycles. The number of fused-ring (bicyclic) bond motifs is 1. The van der Waals surface area contributed by atoms with Gasteiger partial charge in [0.15, 0.2) is 0 Å². The summed E-state index contributed by atoms with van der Waals surface area (Å²) in [5.41, 5.74) is 3.28. The highest BCUT2D eigenvalue weighted by Crippen LogP contribution is 2.27. The van der Waals surface area contributed by atoms with E-state index in [1.807, 2.05) is 24.3 Å². The van der Waals surface area contributed by atoms with Gasteiger partial charge in [-0.3, -0.25) is 5.84 Å². The molecule has 0 heterocycles. The van der Waals surface area contributed by atoms with Gasteiger partial charge >= 0.3 is 0 Å². The van der Waals surface area contributed by atoms with E-state index >= 15 is 0 Å². The van der Waals surface area contributed by atoms with Crippen LogP contribution in [0.5, 0.6) is 5.75 Å². The van der Waals surface area contributed by atoms with Gasteiger partial charge in [-0.2, -0.15) is 0 Å². The minimum atomic E-state index is 0.214. The Morgan fingerprint density at radius 2 is 1.92 bits per heavy atom. The third-order valence-corrected chi connectivity index (χ3v) is 2.00. The lowest BCUT2D eigenvalue weighted by atomic mass is 10.1. The third-order valence-electron chi connectivity index (χ3n) is 2.00. The van der Waals surface area contributed by atoms with Crippen LogP contribution in [-0.2, 0) is 0 Å². The molecule has 0 aliphatic heterocycles. The molecule has 2 aromatic carbocycles. The Balaban J connectivity index is 2.81. The van der Waals surface area contributed by atoms with Crippen LogP contribution in [0.2, 0.25) is 0 Å². The number of phenols is 1. The molecule has 0 fully saturated rings. The van der Waals surface area contributed by atoms with Crippen molar-refractivity contribution in [2.24, 2.45) is 5.84 Å². The van der Waals surface area contributed by atoms with E-state index in [1.54, 1.807) is 12.1 Å². The van der Waals surface area contributed by atoms with Gasteiger partial charge in [-0.05, 0) is 11.5 Å². The van der Waals surface area contributed by atoms with Crippen LogP contribution in [-0.4, -0.2) is 5.11 Å². The summed E-state index contributed by atoms with van der Waals surface area (Å²) in [4.78, 5) is 0. The van der Waals surface area contributed by atoms with E-state index in [-0.39, 0.29) is 5.75 Å². The molecule has 0 aromatic heterocycles. The molecule has 2 rings (SSSR count). The van der Waals surface area contributed by atoms with Gasteiger partial charge in [-0.1, -0.05) is 24.3 Å². The first-order chi connectivity index (χ1) is 6.31. The van der Waals surface area contributed by atoms with Crippen molar-refractivity contribution < 1.29 is 5.11 Å². The minimum absolute atomic E-state index is 0.214. The summed E-state index contributed by atoms with van der Waals surface area (Å²) in [6.45, 7) is 0. The topological polar surface area (TPSA) is 58.3 Å². The van der Waals surface area contributed by atoms with Crippen molar-refractivity contribution in [2.75, 3.05) is 5.43 Å². The van der Waals surface area contributed by atoms with Gasteiger partial charge in [0.05, 0.1) is 5.69 Å². The number of benzene rings is 2. The number of nitrogens with two attached hydrogens (primary N) is 1. The molecule has 0 saturated carbocycles. The van der Waals surface area contributed by atoms with E-state index in [0.29, 0.717) is 0 Å². The molecule has 0 saturated heterocycles. The summed E-state index contributed by atoms with van der Waals surface area (Å²) in [5.74, 6) is 5.54. The Morgan fingerprint density at radius 3 is 2.69 bits per heavy atom. The number of hydrogen-bond donors (Lipinski definition) is 3. The van der Waals surface area contributed by atoms with Crippen molar-refractivity contribution in [3.05, 3.63) is 36.4 Å². The van der Waals surface area contributed by atoms with Gasteiger partial charge in [0.25, 0.3) is 0 Å². The fourth-order valence-electron chi connectivity index (χ4n) is 1.41. The average molecular weight is 174 g/mol. The first kappa shape index (κ1) is 7.89. The summed E-state index contributed by atoms with van der Waals surface area (Å²) in [7, 11) is 0. The molecular weight excluding hydrogens is 164 g/mol. The predicted molar refractivity (Wildman–Crippen MR) is 53.4 cm³/mol. The van der Waals surface area contributed by atoms with Gasteiger partial charge in [-0.25, -0.2) is 0 Å². The second kappa shape index (κ2) is 2.95. The summed E-state index contributed by atoms with van der Waals surface area (Å²) in [5, 5.41) is 11.3. The van der Waals surface area contributed by atoms with Crippen molar-refractivity contribution >= 4 is 16.5 Å². The Kier molecular flexibility index (Phi) is 1.79. The van der Waals surface area contributed by atoms with Crippen LogP contribution in [0.25, 0.3) is 10.8 Å². The number of hydrogen-bond acceptors (Lipinski definition) is 3. The number of nitrogen functional groups attached to an aromatic ring is 1. The zero-order chi connectivity index (χ0) is 9.26. The molecule has 0 aliphatic rings. The zero-order valence-electron chi connectivity index (χ0n) is 6.99. The first-order valence-electron chi connectivity index (χ1n) is 3.99. The third kappa shape index (κ3) is 1.29. The Hall–Kier alpha value is -1.74. The molecular formula is C10H10N2O. The van der Waals surface area contributed by atoms with Crippen molar-refractivity contribution in [3.8, 4) is 5.75 Å². The first-order valence-corrected chi connectivity index (χ1v) is 3.99. The molecule has 0 spiro atoms. The number of anilines is 1. The van der Waals surface area contributed by atoms with Crippen molar-refractivity contribution in [1.82, 2.24) is 0 Å². The zero-order valence-corrected chi connectivity index (χ0v) is 6.99. The van der Waals surface area contributed by atoms with Crippen LogP contribution in [0.3, 0.4) is 0 Å². The Bertz CT molecular complexity index is 440.